The van der Waals surface area contributed by atoms with E-state index < -0.39 is 5.97 Å². The van der Waals surface area contributed by atoms with Gasteiger partial charge in [0, 0.05) is 5.75 Å². The van der Waals surface area contributed by atoms with Gasteiger partial charge < -0.3 is 10.1 Å². The van der Waals surface area contributed by atoms with Crippen molar-refractivity contribution in [2.45, 2.75) is 0 Å². The molecule has 0 bridgehead atoms. The number of hydrogen-bond donors (Lipinski definition) is 1. The van der Waals surface area contributed by atoms with E-state index in [0.29, 0.717) is 22.7 Å². The molecule has 1 aromatic heterocycles. The zero-order chi connectivity index (χ0) is 15.1. The summed E-state index contributed by atoms with van der Waals surface area (Å²) >= 11 is 2.96. The maximum Gasteiger partial charge on any atom is 0.340 e. The number of rotatable bonds is 6. The minimum atomic E-state index is -0.425. The van der Waals surface area contributed by atoms with Crippen LogP contribution in [0.4, 0.5) is 5.69 Å². The number of esters is 1. The Bertz CT molecular complexity index is 611. The van der Waals surface area contributed by atoms with Gasteiger partial charge >= 0.3 is 5.97 Å². The lowest BCUT2D eigenvalue weighted by molar-refractivity contribution is 0.0531. The van der Waals surface area contributed by atoms with Crippen molar-refractivity contribution in [3.63, 3.8) is 0 Å². The van der Waals surface area contributed by atoms with Crippen molar-refractivity contribution in [3.8, 4) is 0 Å². The topological polar surface area (TPSA) is 55.4 Å². The normalized spacial score (nSPS) is 10.1. The summed E-state index contributed by atoms with van der Waals surface area (Å²) in [5, 5.41) is 4.58. The lowest BCUT2D eigenvalue weighted by Gasteiger charge is -2.10. The maximum atomic E-state index is 12.1. The average molecular weight is 321 g/mol. The third-order valence-electron chi connectivity index (χ3n) is 2.66. The van der Waals surface area contributed by atoms with Crippen LogP contribution >= 0.6 is 23.1 Å². The van der Waals surface area contributed by atoms with Crippen molar-refractivity contribution in [1.29, 1.82) is 0 Å². The molecule has 2 rings (SSSR count). The molecule has 0 radical (unpaired) electrons. The molecule has 0 aliphatic carbocycles. The predicted molar refractivity (Wildman–Crippen MR) is 87.4 cm³/mol. The molecule has 2 aromatic rings. The van der Waals surface area contributed by atoms with Crippen LogP contribution < -0.4 is 5.32 Å². The summed E-state index contributed by atoms with van der Waals surface area (Å²) in [4.78, 5) is 24.7. The van der Waals surface area contributed by atoms with Gasteiger partial charge in [0.1, 0.15) is 6.61 Å². The highest BCUT2D eigenvalue weighted by molar-refractivity contribution is 7.98. The van der Waals surface area contributed by atoms with Crippen LogP contribution in [-0.2, 0) is 4.74 Å². The van der Waals surface area contributed by atoms with E-state index in [0.717, 1.165) is 5.75 Å². The predicted octanol–water partition coefficient (Wildman–Crippen LogP) is 3.52. The molecule has 0 aliphatic rings. The van der Waals surface area contributed by atoms with E-state index in [-0.39, 0.29) is 5.91 Å². The number of thiophene rings is 1. The van der Waals surface area contributed by atoms with Gasteiger partial charge in [0.05, 0.1) is 16.1 Å². The fourth-order valence-corrected chi connectivity index (χ4v) is 2.53. The second-order valence-electron chi connectivity index (χ2n) is 4.11. The zero-order valence-corrected chi connectivity index (χ0v) is 13.1. The van der Waals surface area contributed by atoms with Gasteiger partial charge in [-0.3, -0.25) is 4.79 Å². The van der Waals surface area contributed by atoms with E-state index in [4.69, 9.17) is 4.74 Å². The molecule has 0 spiro atoms. The Kier molecular flexibility index (Phi) is 5.83. The monoisotopic (exact) mass is 321 g/mol. The molecular weight excluding hydrogens is 306 g/mol. The number of para-hydroxylation sites is 1. The van der Waals surface area contributed by atoms with Crippen LogP contribution in [-0.4, -0.2) is 30.5 Å². The second-order valence-corrected chi connectivity index (χ2v) is 6.04. The Morgan fingerprint density at radius 2 is 2.05 bits per heavy atom. The van der Waals surface area contributed by atoms with Crippen LogP contribution in [0.1, 0.15) is 20.0 Å². The number of thioether (sulfide) groups is 1. The first kappa shape index (κ1) is 15.6. The van der Waals surface area contributed by atoms with Gasteiger partial charge in [-0.2, -0.15) is 11.8 Å². The molecule has 0 saturated heterocycles. The van der Waals surface area contributed by atoms with Crippen LogP contribution in [0.5, 0.6) is 0 Å². The highest BCUT2D eigenvalue weighted by Gasteiger charge is 2.15. The molecule has 0 atom stereocenters. The fourth-order valence-electron chi connectivity index (χ4n) is 1.66. The first-order chi connectivity index (χ1) is 10.2. The van der Waals surface area contributed by atoms with Crippen LogP contribution in [0.25, 0.3) is 0 Å². The number of carbonyl (C=O) groups is 2. The van der Waals surface area contributed by atoms with Crippen LogP contribution in [0.2, 0.25) is 0 Å². The van der Waals surface area contributed by atoms with Crippen LogP contribution in [0.3, 0.4) is 0 Å². The molecule has 110 valence electrons. The number of hydrogen-bond acceptors (Lipinski definition) is 5. The van der Waals surface area contributed by atoms with E-state index in [1.165, 1.54) is 11.3 Å². The van der Waals surface area contributed by atoms with Gasteiger partial charge in [0.25, 0.3) is 5.91 Å². The van der Waals surface area contributed by atoms with Crippen molar-refractivity contribution in [2.24, 2.45) is 0 Å². The van der Waals surface area contributed by atoms with Crippen molar-refractivity contribution >= 4 is 40.7 Å². The molecule has 0 aliphatic heterocycles. The Morgan fingerprint density at radius 3 is 2.76 bits per heavy atom. The number of ether oxygens (including phenoxy) is 1. The number of benzene rings is 1. The summed E-state index contributed by atoms with van der Waals surface area (Å²) in [6, 6.07) is 10.4. The van der Waals surface area contributed by atoms with E-state index in [9.17, 15) is 9.59 Å². The first-order valence-electron chi connectivity index (χ1n) is 6.32. The van der Waals surface area contributed by atoms with Gasteiger partial charge in [-0.05, 0) is 29.8 Å². The summed E-state index contributed by atoms with van der Waals surface area (Å²) in [6.45, 7) is 0.354. The number of carbonyl (C=O) groups excluding carboxylic acids is 2. The van der Waals surface area contributed by atoms with E-state index >= 15 is 0 Å². The Hall–Kier alpha value is -1.79. The fraction of sp³-hybridized carbons (Fsp3) is 0.200. The van der Waals surface area contributed by atoms with E-state index in [1.807, 2.05) is 17.7 Å². The number of amides is 1. The van der Waals surface area contributed by atoms with Gasteiger partial charge in [0.15, 0.2) is 0 Å². The van der Waals surface area contributed by atoms with Gasteiger partial charge in [0.2, 0.25) is 0 Å². The maximum absolute atomic E-state index is 12.1. The van der Waals surface area contributed by atoms with Crippen molar-refractivity contribution in [2.75, 3.05) is 23.9 Å². The highest BCUT2D eigenvalue weighted by atomic mass is 32.2. The first-order valence-corrected chi connectivity index (χ1v) is 8.59. The summed E-state index contributed by atoms with van der Waals surface area (Å²) < 4.78 is 5.17. The lowest BCUT2D eigenvalue weighted by Crippen LogP contribution is -2.15. The largest absolute Gasteiger partial charge is 0.461 e. The molecule has 0 saturated carbocycles. The lowest BCUT2D eigenvalue weighted by atomic mass is 10.2. The minimum Gasteiger partial charge on any atom is -0.461 e. The standard InChI is InChI=1S/C15H15NO3S2/c1-20-10-8-19-15(18)11-5-2-3-6-12(11)16-14(17)13-7-4-9-21-13/h2-7,9H,8,10H2,1H3,(H,16,17). The molecule has 1 aromatic carbocycles. The van der Waals surface area contributed by atoms with Crippen molar-refractivity contribution < 1.29 is 14.3 Å². The summed E-state index contributed by atoms with van der Waals surface area (Å²) in [6.07, 6.45) is 1.95. The molecule has 0 unspecified atom stereocenters. The number of anilines is 1. The van der Waals surface area contributed by atoms with Crippen LogP contribution in [0.15, 0.2) is 41.8 Å². The summed E-state index contributed by atoms with van der Waals surface area (Å²) in [7, 11) is 0. The molecule has 1 amide bonds. The molecule has 6 heteroatoms. The molecule has 4 nitrogen and oxygen atoms in total. The Morgan fingerprint density at radius 1 is 1.24 bits per heavy atom. The third-order valence-corrected chi connectivity index (χ3v) is 4.10. The smallest absolute Gasteiger partial charge is 0.340 e. The average Bonchev–Trinajstić information content (AvgIpc) is 3.02. The quantitative estimate of drug-likeness (QED) is 0.653. The minimum absolute atomic E-state index is 0.227. The Balaban J connectivity index is 2.09. The highest BCUT2D eigenvalue weighted by Crippen LogP contribution is 2.18. The zero-order valence-electron chi connectivity index (χ0n) is 11.5. The van der Waals surface area contributed by atoms with Gasteiger partial charge in [-0.1, -0.05) is 18.2 Å². The van der Waals surface area contributed by atoms with Gasteiger partial charge in [-0.15, -0.1) is 11.3 Å². The van der Waals surface area contributed by atoms with Crippen molar-refractivity contribution in [1.82, 2.24) is 0 Å². The third kappa shape index (κ3) is 4.34. The van der Waals surface area contributed by atoms with Crippen LogP contribution in [0, 0.1) is 0 Å². The summed E-state index contributed by atoms with van der Waals surface area (Å²) in [5.74, 6) is 0.0932. The molecular formula is C15H15NO3S2. The Labute approximate surface area is 131 Å². The van der Waals surface area contributed by atoms with E-state index in [1.54, 1.807) is 42.1 Å². The van der Waals surface area contributed by atoms with Crippen molar-refractivity contribution in [3.05, 3.63) is 52.2 Å². The molecule has 0 fully saturated rings. The van der Waals surface area contributed by atoms with Gasteiger partial charge in [-0.25, -0.2) is 4.79 Å². The summed E-state index contributed by atoms with van der Waals surface area (Å²) in [5.41, 5.74) is 0.827. The molecule has 1 heterocycles. The molecule has 21 heavy (non-hydrogen) atoms. The SMILES string of the molecule is CSCCOC(=O)c1ccccc1NC(=O)c1cccs1. The van der Waals surface area contributed by atoms with E-state index in [2.05, 4.69) is 5.32 Å². The second kappa shape index (κ2) is 7.85. The molecule has 1 N–H and O–H groups in total. The number of nitrogens with one attached hydrogen (secondary N) is 1.